The zero-order chi connectivity index (χ0) is 18.8. The molecule has 26 heavy (non-hydrogen) atoms. The highest BCUT2D eigenvalue weighted by molar-refractivity contribution is 6.31. The van der Waals surface area contributed by atoms with Gasteiger partial charge in [-0.2, -0.15) is 5.10 Å². The summed E-state index contributed by atoms with van der Waals surface area (Å²) in [7, 11) is 0. The Morgan fingerprint density at radius 3 is 2.54 bits per heavy atom. The molecule has 1 heterocycles. The summed E-state index contributed by atoms with van der Waals surface area (Å²) in [5, 5.41) is 17.5. The highest BCUT2D eigenvalue weighted by Gasteiger charge is 2.21. The Labute approximate surface area is 157 Å². The predicted molar refractivity (Wildman–Crippen MR) is 103 cm³/mol. The van der Waals surface area contributed by atoms with Crippen molar-refractivity contribution in [1.82, 2.24) is 9.78 Å². The number of nitrogens with zero attached hydrogens (tertiary/aromatic N) is 2. The first-order chi connectivity index (χ1) is 12.4. The van der Waals surface area contributed by atoms with E-state index < -0.39 is 0 Å². The van der Waals surface area contributed by atoms with Gasteiger partial charge in [-0.15, -0.1) is 0 Å². The molecular weight excluding hydrogens is 350 g/mol. The van der Waals surface area contributed by atoms with E-state index >= 15 is 0 Å². The van der Waals surface area contributed by atoms with Crippen molar-refractivity contribution in [3.63, 3.8) is 0 Å². The Hall–Kier alpha value is -2.79. The van der Waals surface area contributed by atoms with Gasteiger partial charge in [0.25, 0.3) is 5.91 Å². The second kappa shape index (κ2) is 7.22. The van der Waals surface area contributed by atoms with Crippen LogP contribution in [0.3, 0.4) is 0 Å². The van der Waals surface area contributed by atoms with Crippen molar-refractivity contribution in [3.8, 4) is 11.4 Å². The Kier molecular flexibility index (Phi) is 5.00. The number of hydrogen-bond acceptors (Lipinski definition) is 3. The lowest BCUT2D eigenvalue weighted by Crippen LogP contribution is -2.15. The summed E-state index contributed by atoms with van der Waals surface area (Å²) in [6.45, 7) is 6.04. The molecule has 6 heteroatoms. The van der Waals surface area contributed by atoms with Crippen molar-refractivity contribution in [1.29, 1.82) is 0 Å². The van der Waals surface area contributed by atoms with Crippen LogP contribution in [0.1, 0.15) is 41.4 Å². The van der Waals surface area contributed by atoms with Gasteiger partial charge < -0.3 is 10.4 Å². The van der Waals surface area contributed by atoms with Crippen LogP contribution in [0.2, 0.25) is 5.02 Å². The molecule has 0 fully saturated rings. The van der Waals surface area contributed by atoms with Crippen molar-refractivity contribution in [2.24, 2.45) is 0 Å². The molecule has 0 spiro atoms. The molecule has 1 amide bonds. The largest absolute Gasteiger partial charge is 0.506 e. The molecule has 0 saturated carbocycles. The van der Waals surface area contributed by atoms with Crippen LogP contribution < -0.4 is 5.32 Å². The molecule has 0 radical (unpaired) electrons. The zero-order valence-electron chi connectivity index (χ0n) is 14.8. The SMILES string of the molecule is Cc1ccc(-n2ncc(C(=O)Nc3cc(Cl)ccc3O)c2C(C)C)cc1. The first-order valence-corrected chi connectivity index (χ1v) is 8.69. The van der Waals surface area contributed by atoms with Gasteiger partial charge in [-0.05, 0) is 43.2 Å². The van der Waals surface area contributed by atoms with Gasteiger partial charge in [-0.1, -0.05) is 43.1 Å². The molecule has 5 nitrogen and oxygen atoms in total. The maximum absolute atomic E-state index is 12.8. The van der Waals surface area contributed by atoms with E-state index in [9.17, 15) is 9.90 Å². The Morgan fingerprint density at radius 1 is 1.19 bits per heavy atom. The predicted octanol–water partition coefficient (Wildman–Crippen LogP) is 4.92. The third-order valence-corrected chi connectivity index (χ3v) is 4.32. The second-order valence-electron chi connectivity index (χ2n) is 6.46. The highest BCUT2D eigenvalue weighted by Crippen LogP contribution is 2.29. The Bertz CT molecular complexity index is 946. The number of halogens is 1. The van der Waals surface area contributed by atoms with Crippen LogP contribution in [-0.2, 0) is 0 Å². The summed E-state index contributed by atoms with van der Waals surface area (Å²) in [5.41, 5.74) is 3.57. The molecule has 0 bridgehead atoms. The number of phenolic OH excluding ortho intramolecular Hbond substituents is 1. The highest BCUT2D eigenvalue weighted by atomic mass is 35.5. The topological polar surface area (TPSA) is 67.2 Å². The standard InChI is InChI=1S/C20H20ClN3O2/c1-12(2)19-16(11-22-24(19)15-7-4-13(3)5-8-15)20(26)23-17-10-14(21)6-9-18(17)25/h4-12,25H,1-3H3,(H,23,26). The average Bonchev–Trinajstić information content (AvgIpc) is 3.04. The number of anilines is 1. The Balaban J connectivity index is 1.98. The number of nitrogens with one attached hydrogen (secondary N) is 1. The number of carbonyl (C=O) groups excluding carboxylic acids is 1. The number of aromatic hydroxyl groups is 1. The van der Waals surface area contributed by atoms with E-state index in [2.05, 4.69) is 10.4 Å². The molecule has 2 aromatic carbocycles. The summed E-state index contributed by atoms with van der Waals surface area (Å²) >= 11 is 5.95. The van der Waals surface area contributed by atoms with E-state index in [-0.39, 0.29) is 23.3 Å². The summed E-state index contributed by atoms with van der Waals surface area (Å²) in [6, 6.07) is 12.5. The molecule has 0 unspecified atom stereocenters. The maximum Gasteiger partial charge on any atom is 0.259 e. The first kappa shape index (κ1) is 18.0. The van der Waals surface area contributed by atoms with Gasteiger partial charge in [0.05, 0.1) is 28.8 Å². The van der Waals surface area contributed by atoms with E-state index in [1.54, 1.807) is 16.9 Å². The lowest BCUT2D eigenvalue weighted by molar-refractivity contribution is 0.102. The molecular formula is C20H20ClN3O2. The zero-order valence-corrected chi connectivity index (χ0v) is 15.6. The summed E-state index contributed by atoms with van der Waals surface area (Å²) in [4.78, 5) is 12.8. The van der Waals surface area contributed by atoms with Gasteiger partial charge in [-0.3, -0.25) is 4.79 Å². The van der Waals surface area contributed by atoms with Crippen LogP contribution in [0.4, 0.5) is 5.69 Å². The molecule has 0 aliphatic carbocycles. The smallest absolute Gasteiger partial charge is 0.259 e. The van der Waals surface area contributed by atoms with E-state index in [4.69, 9.17) is 11.6 Å². The fourth-order valence-corrected chi connectivity index (χ4v) is 2.95. The molecule has 3 aromatic rings. The maximum atomic E-state index is 12.8. The van der Waals surface area contributed by atoms with E-state index in [0.717, 1.165) is 16.9 Å². The number of benzene rings is 2. The number of amides is 1. The van der Waals surface area contributed by atoms with Gasteiger partial charge in [0.15, 0.2) is 0 Å². The van der Waals surface area contributed by atoms with Crippen LogP contribution in [-0.4, -0.2) is 20.8 Å². The number of aromatic nitrogens is 2. The van der Waals surface area contributed by atoms with Crippen LogP contribution in [0.15, 0.2) is 48.7 Å². The fourth-order valence-electron chi connectivity index (χ4n) is 2.78. The van der Waals surface area contributed by atoms with Crippen LogP contribution in [0, 0.1) is 6.92 Å². The quantitative estimate of drug-likeness (QED) is 0.642. The third kappa shape index (κ3) is 3.58. The third-order valence-electron chi connectivity index (χ3n) is 4.08. The van der Waals surface area contributed by atoms with Crippen LogP contribution in [0.5, 0.6) is 5.75 Å². The van der Waals surface area contributed by atoms with Crippen LogP contribution >= 0.6 is 11.6 Å². The number of aryl methyl sites for hydroxylation is 1. The lowest BCUT2D eigenvalue weighted by Gasteiger charge is -2.13. The number of hydrogen-bond donors (Lipinski definition) is 2. The molecule has 134 valence electrons. The van der Waals surface area contributed by atoms with Crippen molar-refractivity contribution >= 4 is 23.2 Å². The molecule has 3 rings (SSSR count). The van der Waals surface area contributed by atoms with Crippen molar-refractivity contribution in [3.05, 3.63) is 70.5 Å². The fraction of sp³-hybridized carbons (Fsp3) is 0.200. The number of rotatable bonds is 4. The van der Waals surface area contributed by atoms with E-state index in [1.807, 2.05) is 45.0 Å². The summed E-state index contributed by atoms with van der Waals surface area (Å²) in [5.74, 6) is -0.308. The van der Waals surface area contributed by atoms with E-state index in [0.29, 0.717) is 10.6 Å². The van der Waals surface area contributed by atoms with Crippen molar-refractivity contribution in [2.45, 2.75) is 26.7 Å². The minimum Gasteiger partial charge on any atom is -0.506 e. The minimum absolute atomic E-state index is 0.0419. The molecule has 2 N–H and O–H groups in total. The van der Waals surface area contributed by atoms with Crippen molar-refractivity contribution in [2.75, 3.05) is 5.32 Å². The second-order valence-corrected chi connectivity index (χ2v) is 6.90. The van der Waals surface area contributed by atoms with Gasteiger partial charge >= 0.3 is 0 Å². The summed E-state index contributed by atoms with van der Waals surface area (Å²) < 4.78 is 1.77. The minimum atomic E-state index is -0.343. The molecule has 0 aliphatic rings. The van der Waals surface area contributed by atoms with Gasteiger partial charge in [0, 0.05) is 5.02 Å². The number of phenols is 1. The average molecular weight is 370 g/mol. The molecule has 0 saturated heterocycles. The van der Waals surface area contributed by atoms with Gasteiger partial charge in [0.1, 0.15) is 5.75 Å². The normalized spacial score (nSPS) is 11.0. The van der Waals surface area contributed by atoms with Gasteiger partial charge in [-0.25, -0.2) is 4.68 Å². The first-order valence-electron chi connectivity index (χ1n) is 8.31. The van der Waals surface area contributed by atoms with Crippen molar-refractivity contribution < 1.29 is 9.90 Å². The lowest BCUT2D eigenvalue weighted by atomic mass is 10.0. The summed E-state index contributed by atoms with van der Waals surface area (Å²) in [6.07, 6.45) is 1.55. The van der Waals surface area contributed by atoms with Crippen LogP contribution in [0.25, 0.3) is 5.69 Å². The Morgan fingerprint density at radius 2 is 1.88 bits per heavy atom. The molecule has 0 atom stereocenters. The van der Waals surface area contributed by atoms with E-state index in [1.165, 1.54) is 12.1 Å². The monoisotopic (exact) mass is 369 g/mol. The van der Waals surface area contributed by atoms with Gasteiger partial charge in [0.2, 0.25) is 0 Å². The number of carbonyl (C=O) groups is 1. The molecule has 0 aliphatic heterocycles. The molecule has 1 aromatic heterocycles.